The van der Waals surface area contributed by atoms with E-state index in [1.165, 1.54) is 5.56 Å². The summed E-state index contributed by atoms with van der Waals surface area (Å²) in [6, 6.07) is 6.36. The molecule has 0 heterocycles. The zero-order valence-electron chi connectivity index (χ0n) is 25.2. The van der Waals surface area contributed by atoms with Crippen LogP contribution in [-0.4, -0.2) is 47.5 Å². The van der Waals surface area contributed by atoms with Crippen molar-refractivity contribution < 1.29 is 19.1 Å². The van der Waals surface area contributed by atoms with E-state index in [-0.39, 0.29) is 17.7 Å². The van der Waals surface area contributed by atoms with E-state index < -0.39 is 23.8 Å². The van der Waals surface area contributed by atoms with Crippen LogP contribution in [-0.2, 0) is 20.7 Å². The minimum atomic E-state index is -0.804. The van der Waals surface area contributed by atoms with Crippen LogP contribution in [0.3, 0.4) is 0 Å². The number of hydrogen-bond acceptors (Lipinski definition) is 4. The van der Waals surface area contributed by atoms with Gasteiger partial charge in [0.1, 0.15) is 17.7 Å². The number of ether oxygens (including phenoxy) is 1. The summed E-state index contributed by atoms with van der Waals surface area (Å²) in [4.78, 5) is 42.3. The van der Waals surface area contributed by atoms with Crippen molar-refractivity contribution in [1.82, 2.24) is 15.5 Å². The Bertz CT molecular complexity index is 848. The number of rotatable bonds is 16. The molecule has 1 aromatic rings. The Kier molecular flexibility index (Phi) is 15.1. The largest absolute Gasteiger partial charge is 0.444 e. The molecule has 7 nitrogen and oxygen atoms in total. The molecule has 3 unspecified atom stereocenters. The van der Waals surface area contributed by atoms with E-state index in [0.717, 1.165) is 50.5 Å². The maximum absolute atomic E-state index is 14.2. The number of unbranched alkanes of at least 4 members (excludes halogenated alkanes) is 4. The molecule has 0 saturated carbocycles. The monoisotopic (exact) mass is 531 g/mol. The molecule has 0 bridgehead atoms. The van der Waals surface area contributed by atoms with Gasteiger partial charge in [0.25, 0.3) is 0 Å². The number of carbonyl (C=O) groups excluding carboxylic acids is 3. The first-order valence-electron chi connectivity index (χ1n) is 14.6. The lowest BCUT2D eigenvalue weighted by Gasteiger charge is -2.36. The van der Waals surface area contributed by atoms with Gasteiger partial charge >= 0.3 is 6.09 Å². The van der Waals surface area contributed by atoms with Gasteiger partial charge in [0.05, 0.1) is 0 Å². The van der Waals surface area contributed by atoms with Gasteiger partial charge in [0, 0.05) is 13.1 Å². The quantitative estimate of drug-likeness (QED) is 0.237. The van der Waals surface area contributed by atoms with Gasteiger partial charge in [-0.1, -0.05) is 91.0 Å². The summed E-state index contributed by atoms with van der Waals surface area (Å²) in [7, 11) is 0. The molecule has 0 aromatic heterocycles. The molecule has 0 fully saturated rings. The molecule has 1 aromatic carbocycles. The lowest BCUT2D eigenvalue weighted by molar-refractivity contribution is -0.143. The highest BCUT2D eigenvalue weighted by Gasteiger charge is 2.37. The average Bonchev–Trinajstić information content (AvgIpc) is 2.87. The van der Waals surface area contributed by atoms with E-state index in [1.54, 1.807) is 25.7 Å². The molecule has 0 aliphatic carbocycles. The van der Waals surface area contributed by atoms with Gasteiger partial charge in [-0.05, 0) is 57.1 Å². The third-order valence-corrected chi connectivity index (χ3v) is 6.78. The maximum Gasteiger partial charge on any atom is 0.408 e. The predicted octanol–water partition coefficient (Wildman–Crippen LogP) is 6.55. The Hall–Kier alpha value is -2.57. The van der Waals surface area contributed by atoms with Gasteiger partial charge in [0.2, 0.25) is 11.8 Å². The van der Waals surface area contributed by atoms with Crippen LogP contribution in [0, 0.1) is 5.92 Å². The summed E-state index contributed by atoms with van der Waals surface area (Å²) in [5.74, 6) is -0.579. The number of amides is 3. The first-order valence-corrected chi connectivity index (χ1v) is 14.6. The summed E-state index contributed by atoms with van der Waals surface area (Å²) >= 11 is 0. The van der Waals surface area contributed by atoms with Crippen molar-refractivity contribution in [1.29, 1.82) is 0 Å². The third-order valence-electron chi connectivity index (χ3n) is 6.78. The zero-order valence-corrected chi connectivity index (χ0v) is 25.2. The zero-order chi connectivity index (χ0) is 28.7. The molecule has 0 aliphatic rings. The molecular weight excluding hydrogens is 478 g/mol. The van der Waals surface area contributed by atoms with Crippen LogP contribution < -0.4 is 10.6 Å². The number of hydrogen-bond donors (Lipinski definition) is 2. The van der Waals surface area contributed by atoms with Gasteiger partial charge in [0.15, 0.2) is 0 Å². The van der Waals surface area contributed by atoms with Crippen molar-refractivity contribution in [2.75, 3.05) is 13.1 Å². The molecular formula is C31H53N3O4. The fourth-order valence-corrected chi connectivity index (χ4v) is 4.29. The molecule has 3 atom stereocenters. The standard InChI is InChI=1S/C31H53N3O4/c1-9-13-15-21-32-28(35)27(25-19-17-24(12-4)18-20-25)34(22-16-14-10-2)29(36)26(23(5)11-3)33-30(37)38-31(6,7)8/h17-20,23,26-27H,9-16,21-22H2,1-8H3,(H,32,35)(H,33,37). The number of benzene rings is 1. The van der Waals surface area contributed by atoms with Gasteiger partial charge in [-0.2, -0.15) is 0 Å². The average molecular weight is 532 g/mol. The molecule has 0 radical (unpaired) electrons. The van der Waals surface area contributed by atoms with Crippen molar-refractivity contribution in [2.45, 2.75) is 124 Å². The highest BCUT2D eigenvalue weighted by molar-refractivity contribution is 5.92. The van der Waals surface area contributed by atoms with Gasteiger partial charge in [-0.25, -0.2) is 4.79 Å². The van der Waals surface area contributed by atoms with Gasteiger partial charge < -0.3 is 20.3 Å². The van der Waals surface area contributed by atoms with Crippen LogP contribution in [0.1, 0.15) is 118 Å². The van der Waals surface area contributed by atoms with E-state index >= 15 is 0 Å². The maximum atomic E-state index is 14.2. The lowest BCUT2D eigenvalue weighted by atomic mass is 9.95. The van der Waals surface area contributed by atoms with Crippen molar-refractivity contribution in [3.8, 4) is 0 Å². The van der Waals surface area contributed by atoms with Crippen molar-refractivity contribution in [2.24, 2.45) is 5.92 Å². The third kappa shape index (κ3) is 11.4. The normalized spacial score (nSPS) is 13.8. The molecule has 0 aliphatic heterocycles. The Morgan fingerprint density at radius 3 is 2.05 bits per heavy atom. The Balaban J connectivity index is 3.46. The molecule has 216 valence electrons. The molecule has 38 heavy (non-hydrogen) atoms. The van der Waals surface area contributed by atoms with Crippen LogP contribution in [0.25, 0.3) is 0 Å². The van der Waals surface area contributed by atoms with Gasteiger partial charge in [-0.15, -0.1) is 0 Å². The van der Waals surface area contributed by atoms with Crippen LogP contribution in [0.5, 0.6) is 0 Å². The van der Waals surface area contributed by atoms with E-state index in [0.29, 0.717) is 19.5 Å². The van der Waals surface area contributed by atoms with Gasteiger partial charge in [-0.3, -0.25) is 9.59 Å². The van der Waals surface area contributed by atoms with E-state index in [4.69, 9.17) is 4.74 Å². The second kappa shape index (κ2) is 17.1. The highest BCUT2D eigenvalue weighted by atomic mass is 16.6. The second-order valence-corrected chi connectivity index (χ2v) is 11.2. The summed E-state index contributed by atoms with van der Waals surface area (Å²) in [6.45, 7) is 16.6. The van der Waals surface area contributed by atoms with E-state index in [1.807, 2.05) is 38.1 Å². The topological polar surface area (TPSA) is 87.7 Å². The Labute approximate surface area is 231 Å². The second-order valence-electron chi connectivity index (χ2n) is 11.2. The van der Waals surface area contributed by atoms with Crippen molar-refractivity contribution >= 4 is 17.9 Å². The van der Waals surface area contributed by atoms with Crippen LogP contribution in [0.15, 0.2) is 24.3 Å². The lowest BCUT2D eigenvalue weighted by Crippen LogP contribution is -2.55. The Morgan fingerprint density at radius 2 is 1.53 bits per heavy atom. The summed E-state index contributed by atoms with van der Waals surface area (Å²) in [6.07, 6.45) is 6.65. The van der Waals surface area contributed by atoms with Crippen LogP contribution >= 0.6 is 0 Å². The van der Waals surface area contributed by atoms with Crippen LogP contribution in [0.4, 0.5) is 4.79 Å². The number of aryl methyl sites for hydroxylation is 1. The minimum Gasteiger partial charge on any atom is -0.444 e. The predicted molar refractivity (Wildman–Crippen MR) is 155 cm³/mol. The highest BCUT2D eigenvalue weighted by Crippen LogP contribution is 2.26. The molecule has 0 saturated heterocycles. The van der Waals surface area contributed by atoms with Crippen molar-refractivity contribution in [3.63, 3.8) is 0 Å². The number of nitrogens with zero attached hydrogens (tertiary/aromatic N) is 1. The SMILES string of the molecule is CCCCCNC(=O)C(c1ccc(CC)cc1)N(CCCCC)C(=O)C(NC(=O)OC(C)(C)C)C(C)CC. The molecule has 2 N–H and O–H groups in total. The van der Waals surface area contributed by atoms with Crippen LogP contribution in [0.2, 0.25) is 0 Å². The summed E-state index contributed by atoms with van der Waals surface area (Å²) in [5, 5.41) is 5.91. The number of carbonyl (C=O) groups is 3. The molecule has 1 rings (SSSR count). The minimum absolute atomic E-state index is 0.139. The van der Waals surface area contributed by atoms with E-state index in [2.05, 4.69) is 31.4 Å². The first-order chi connectivity index (χ1) is 18.0. The molecule has 7 heteroatoms. The fraction of sp³-hybridized carbons (Fsp3) is 0.710. The summed E-state index contributed by atoms with van der Waals surface area (Å²) in [5.41, 5.74) is 1.26. The molecule has 0 spiro atoms. The first kappa shape index (κ1) is 33.5. The molecule has 3 amide bonds. The number of alkyl carbamates (subject to hydrolysis) is 1. The van der Waals surface area contributed by atoms with Crippen molar-refractivity contribution in [3.05, 3.63) is 35.4 Å². The Morgan fingerprint density at radius 1 is 0.921 bits per heavy atom. The van der Waals surface area contributed by atoms with E-state index in [9.17, 15) is 14.4 Å². The number of nitrogens with one attached hydrogen (secondary N) is 2. The fourth-order valence-electron chi connectivity index (χ4n) is 4.29. The summed E-state index contributed by atoms with van der Waals surface area (Å²) < 4.78 is 5.49. The smallest absolute Gasteiger partial charge is 0.408 e.